The van der Waals surface area contributed by atoms with Crippen LogP contribution in [0.3, 0.4) is 0 Å². The van der Waals surface area contributed by atoms with E-state index in [0.29, 0.717) is 6.04 Å². The summed E-state index contributed by atoms with van der Waals surface area (Å²) in [6.07, 6.45) is 9.84. The van der Waals surface area contributed by atoms with Crippen LogP contribution in [0.5, 0.6) is 0 Å². The number of nitrogens with one attached hydrogen (secondary N) is 2. The van der Waals surface area contributed by atoms with Crippen LogP contribution in [0.2, 0.25) is 0 Å². The number of anilines is 1. The highest BCUT2D eigenvalue weighted by Gasteiger charge is 2.24. The zero-order chi connectivity index (χ0) is 21.3. The van der Waals surface area contributed by atoms with Gasteiger partial charge in [0.15, 0.2) is 5.96 Å². The number of rotatable bonds is 7. The molecule has 0 bridgehead atoms. The summed E-state index contributed by atoms with van der Waals surface area (Å²) in [7, 11) is 1.84. The lowest BCUT2D eigenvalue weighted by Crippen LogP contribution is -2.42. The van der Waals surface area contributed by atoms with Crippen molar-refractivity contribution in [2.24, 2.45) is 4.99 Å². The van der Waals surface area contributed by atoms with Crippen molar-refractivity contribution in [3.63, 3.8) is 0 Å². The molecule has 4 heterocycles. The second-order valence-corrected chi connectivity index (χ2v) is 9.49. The molecule has 2 aliphatic rings. The Bertz CT molecular complexity index is 790. The third-order valence-corrected chi connectivity index (χ3v) is 7.31. The first-order valence-electron chi connectivity index (χ1n) is 11.8. The zero-order valence-corrected chi connectivity index (χ0v) is 19.5. The van der Waals surface area contributed by atoms with Gasteiger partial charge in [-0.15, -0.1) is 11.3 Å². The van der Waals surface area contributed by atoms with Crippen molar-refractivity contribution in [3.05, 3.63) is 46.3 Å². The number of hydrogen-bond acceptors (Lipinski definition) is 5. The molecule has 1 atom stereocenters. The number of aliphatic imine (C=N–C) groups is 1. The lowest BCUT2D eigenvalue weighted by atomic mass is 10.2. The van der Waals surface area contributed by atoms with Crippen LogP contribution in [0.15, 0.2) is 40.8 Å². The Balaban J connectivity index is 1.29. The average molecular weight is 441 g/mol. The fraction of sp³-hybridized carbons (Fsp3) is 0.583. The summed E-state index contributed by atoms with van der Waals surface area (Å²) in [6, 6.07) is 9.17. The third-order valence-electron chi connectivity index (χ3n) is 6.34. The van der Waals surface area contributed by atoms with Gasteiger partial charge >= 0.3 is 0 Å². The first-order valence-corrected chi connectivity index (χ1v) is 12.6. The minimum atomic E-state index is 0.413. The lowest BCUT2D eigenvalue weighted by Gasteiger charge is -2.27. The molecule has 1 unspecified atom stereocenters. The zero-order valence-electron chi connectivity index (χ0n) is 18.7. The Morgan fingerprint density at radius 1 is 1.03 bits per heavy atom. The molecule has 4 rings (SSSR count). The van der Waals surface area contributed by atoms with Crippen molar-refractivity contribution in [1.29, 1.82) is 0 Å². The highest BCUT2D eigenvalue weighted by molar-refractivity contribution is 7.10. The molecule has 2 fully saturated rings. The van der Waals surface area contributed by atoms with Crippen molar-refractivity contribution in [1.82, 2.24) is 20.5 Å². The molecule has 2 saturated heterocycles. The molecule has 2 aliphatic heterocycles. The maximum Gasteiger partial charge on any atom is 0.191 e. The summed E-state index contributed by atoms with van der Waals surface area (Å²) >= 11 is 1.85. The van der Waals surface area contributed by atoms with E-state index in [-0.39, 0.29) is 0 Å². The molecule has 31 heavy (non-hydrogen) atoms. The molecule has 2 aromatic heterocycles. The normalized spacial score (nSPS) is 19.3. The van der Waals surface area contributed by atoms with E-state index in [1.807, 2.05) is 24.6 Å². The number of thiophene rings is 1. The van der Waals surface area contributed by atoms with Gasteiger partial charge in [0, 0.05) is 44.3 Å². The van der Waals surface area contributed by atoms with E-state index in [1.54, 1.807) is 0 Å². The molecule has 2 N–H and O–H groups in total. The van der Waals surface area contributed by atoms with Crippen LogP contribution in [0.1, 0.15) is 55.0 Å². The van der Waals surface area contributed by atoms with Gasteiger partial charge in [-0.2, -0.15) is 0 Å². The molecular formula is C24H36N6S. The molecule has 6 nitrogen and oxygen atoms in total. The van der Waals surface area contributed by atoms with Crippen molar-refractivity contribution >= 4 is 23.1 Å². The molecule has 7 heteroatoms. The van der Waals surface area contributed by atoms with Gasteiger partial charge in [-0.25, -0.2) is 4.98 Å². The van der Waals surface area contributed by atoms with Crippen LogP contribution in [0.25, 0.3) is 0 Å². The SMILES string of the molecule is CN=C(NCc1ccc(N2CCCCCC2)nc1)NCC(c1cccs1)N1CCCC1. The number of pyridine rings is 1. The van der Waals surface area contributed by atoms with E-state index in [9.17, 15) is 0 Å². The Kier molecular flexibility index (Phi) is 8.18. The molecule has 0 spiro atoms. The summed E-state index contributed by atoms with van der Waals surface area (Å²) < 4.78 is 0. The van der Waals surface area contributed by atoms with E-state index in [4.69, 9.17) is 4.98 Å². The van der Waals surface area contributed by atoms with Crippen LogP contribution in [-0.2, 0) is 6.54 Å². The van der Waals surface area contributed by atoms with E-state index < -0.39 is 0 Å². The molecular weight excluding hydrogens is 404 g/mol. The number of hydrogen-bond donors (Lipinski definition) is 2. The highest BCUT2D eigenvalue weighted by atomic mass is 32.1. The van der Waals surface area contributed by atoms with Crippen LogP contribution in [-0.4, -0.2) is 55.6 Å². The number of aromatic nitrogens is 1. The number of guanidine groups is 1. The van der Waals surface area contributed by atoms with Crippen LogP contribution >= 0.6 is 11.3 Å². The summed E-state index contributed by atoms with van der Waals surface area (Å²) in [5.74, 6) is 1.95. The van der Waals surface area contributed by atoms with Gasteiger partial charge in [-0.1, -0.05) is 25.0 Å². The fourth-order valence-corrected chi connectivity index (χ4v) is 5.41. The van der Waals surface area contributed by atoms with Gasteiger partial charge in [-0.3, -0.25) is 9.89 Å². The fourth-order valence-electron chi connectivity index (χ4n) is 4.55. The Labute approximate surface area is 190 Å². The Morgan fingerprint density at radius 2 is 1.81 bits per heavy atom. The smallest absolute Gasteiger partial charge is 0.191 e. The Hall–Kier alpha value is -2.12. The average Bonchev–Trinajstić information content (AvgIpc) is 3.47. The number of nitrogens with zero attached hydrogens (tertiary/aromatic N) is 4. The molecule has 2 aromatic rings. The predicted octanol–water partition coefficient (Wildman–Crippen LogP) is 4.03. The highest BCUT2D eigenvalue weighted by Crippen LogP contribution is 2.27. The van der Waals surface area contributed by atoms with Crippen molar-refractivity contribution < 1.29 is 0 Å². The van der Waals surface area contributed by atoms with E-state index in [2.05, 4.69) is 55.1 Å². The van der Waals surface area contributed by atoms with Crippen LogP contribution in [0.4, 0.5) is 5.82 Å². The molecule has 168 valence electrons. The minimum Gasteiger partial charge on any atom is -0.357 e. The quantitative estimate of drug-likeness (QED) is 0.503. The second kappa shape index (κ2) is 11.5. The van der Waals surface area contributed by atoms with Crippen molar-refractivity contribution in [3.8, 4) is 0 Å². The first kappa shape index (κ1) is 22.1. The van der Waals surface area contributed by atoms with Crippen molar-refractivity contribution in [2.75, 3.05) is 44.7 Å². The maximum absolute atomic E-state index is 4.73. The number of likely N-dealkylation sites (tertiary alicyclic amines) is 1. The summed E-state index contributed by atoms with van der Waals surface area (Å²) in [5, 5.41) is 9.18. The summed E-state index contributed by atoms with van der Waals surface area (Å²) in [6.45, 7) is 6.22. The van der Waals surface area contributed by atoms with Gasteiger partial charge in [0.25, 0.3) is 0 Å². The topological polar surface area (TPSA) is 55.8 Å². The molecule has 0 amide bonds. The largest absolute Gasteiger partial charge is 0.357 e. The van der Waals surface area contributed by atoms with Crippen molar-refractivity contribution in [2.45, 2.75) is 51.1 Å². The van der Waals surface area contributed by atoms with E-state index in [1.165, 1.54) is 62.1 Å². The third kappa shape index (κ3) is 6.20. The summed E-state index contributed by atoms with van der Waals surface area (Å²) in [5.41, 5.74) is 1.18. The Morgan fingerprint density at radius 3 is 2.45 bits per heavy atom. The van der Waals surface area contributed by atoms with Gasteiger partial charge in [0.05, 0.1) is 6.04 Å². The van der Waals surface area contributed by atoms with Gasteiger partial charge in [0.2, 0.25) is 0 Å². The predicted molar refractivity (Wildman–Crippen MR) is 131 cm³/mol. The monoisotopic (exact) mass is 440 g/mol. The standard InChI is InChI=1S/C24H36N6S/c1-25-24(28-19-21(22-9-8-16-31-22)29-12-6-7-13-29)27-18-20-10-11-23(26-17-20)30-14-4-2-3-5-15-30/h8-11,16-17,21H,2-7,12-15,18-19H2,1H3,(H2,25,27,28). The van der Waals surface area contributed by atoms with E-state index in [0.717, 1.165) is 38.0 Å². The first-order chi connectivity index (χ1) is 15.3. The minimum absolute atomic E-state index is 0.413. The molecule has 0 aliphatic carbocycles. The van der Waals surface area contributed by atoms with Crippen LogP contribution < -0.4 is 15.5 Å². The van der Waals surface area contributed by atoms with Gasteiger partial charge < -0.3 is 15.5 Å². The maximum atomic E-state index is 4.73. The van der Waals surface area contributed by atoms with Gasteiger partial charge in [0.1, 0.15) is 5.82 Å². The van der Waals surface area contributed by atoms with E-state index >= 15 is 0 Å². The molecule has 0 aromatic carbocycles. The summed E-state index contributed by atoms with van der Waals surface area (Å²) in [4.78, 5) is 15.6. The van der Waals surface area contributed by atoms with Crippen LogP contribution in [0, 0.1) is 0 Å². The molecule has 0 radical (unpaired) electrons. The molecule has 0 saturated carbocycles. The lowest BCUT2D eigenvalue weighted by molar-refractivity contribution is 0.249. The van der Waals surface area contributed by atoms with Gasteiger partial charge in [-0.05, 0) is 61.8 Å². The second-order valence-electron chi connectivity index (χ2n) is 8.51.